The number of carbonyl (C=O) groups is 1. The van der Waals surface area contributed by atoms with Crippen LogP contribution >= 0.6 is 0 Å². The number of piperidine rings is 1. The van der Waals surface area contributed by atoms with E-state index in [1.54, 1.807) is 0 Å². The molecule has 0 aromatic heterocycles. The number of nitrogens with zero attached hydrogens (tertiary/aromatic N) is 3. The predicted octanol–water partition coefficient (Wildman–Crippen LogP) is 2.04. The van der Waals surface area contributed by atoms with Gasteiger partial charge in [-0.2, -0.15) is 0 Å². The van der Waals surface area contributed by atoms with E-state index < -0.39 is 0 Å². The smallest absolute Gasteiger partial charge is 0.253 e. The third kappa shape index (κ3) is 3.60. The summed E-state index contributed by atoms with van der Waals surface area (Å²) in [6.45, 7) is 11.8. The zero-order valence-electron chi connectivity index (χ0n) is 16.0. The van der Waals surface area contributed by atoms with Crippen molar-refractivity contribution in [1.29, 1.82) is 0 Å². The number of hydrogen-bond donors (Lipinski definition) is 1. The van der Waals surface area contributed by atoms with Gasteiger partial charge in [0.2, 0.25) is 0 Å². The van der Waals surface area contributed by atoms with Crippen LogP contribution < -0.4 is 10.2 Å². The first kappa shape index (κ1) is 17.8. The third-order valence-corrected chi connectivity index (χ3v) is 6.74. The molecule has 0 radical (unpaired) electrons. The van der Waals surface area contributed by atoms with E-state index in [2.05, 4.69) is 39.1 Å². The van der Waals surface area contributed by atoms with Crippen LogP contribution in [0.3, 0.4) is 0 Å². The van der Waals surface area contributed by atoms with Crippen molar-refractivity contribution in [3.8, 4) is 0 Å². The summed E-state index contributed by atoms with van der Waals surface area (Å²) >= 11 is 0. The summed E-state index contributed by atoms with van der Waals surface area (Å²) in [5, 5.41) is 3.49. The average Bonchev–Trinajstić information content (AvgIpc) is 3.16. The number of nitrogens with one attached hydrogen (secondary N) is 1. The molecule has 0 saturated carbocycles. The Bertz CT molecular complexity index is 605. The van der Waals surface area contributed by atoms with Gasteiger partial charge in [-0.3, -0.25) is 4.79 Å². The first-order valence-corrected chi connectivity index (χ1v) is 10.3. The topological polar surface area (TPSA) is 38.8 Å². The molecule has 0 bridgehead atoms. The van der Waals surface area contributed by atoms with Crippen LogP contribution in [0.25, 0.3) is 0 Å². The van der Waals surface area contributed by atoms with Crippen LogP contribution in [0.5, 0.6) is 0 Å². The van der Waals surface area contributed by atoms with Crippen molar-refractivity contribution in [2.75, 3.05) is 63.8 Å². The van der Waals surface area contributed by atoms with Gasteiger partial charge in [0.25, 0.3) is 5.91 Å². The first-order chi connectivity index (χ1) is 12.7. The second-order valence-corrected chi connectivity index (χ2v) is 8.19. The molecule has 5 heteroatoms. The molecule has 3 aliphatic heterocycles. The quantitative estimate of drug-likeness (QED) is 0.900. The van der Waals surface area contributed by atoms with E-state index in [9.17, 15) is 4.79 Å². The highest BCUT2D eigenvalue weighted by Crippen LogP contribution is 2.37. The zero-order valence-corrected chi connectivity index (χ0v) is 16.0. The SMILES string of the molecule is CCN1CCN(c2ccc(C(=O)N3CCC4(CCNC4)CC3)cc2)CC1. The molecule has 3 fully saturated rings. The van der Waals surface area contributed by atoms with Crippen LogP contribution in [0.4, 0.5) is 5.69 Å². The highest BCUT2D eigenvalue weighted by atomic mass is 16.2. The fourth-order valence-corrected chi connectivity index (χ4v) is 4.73. The second-order valence-electron chi connectivity index (χ2n) is 8.19. The van der Waals surface area contributed by atoms with Crippen molar-refractivity contribution in [3.63, 3.8) is 0 Å². The van der Waals surface area contributed by atoms with Crippen molar-refractivity contribution in [2.24, 2.45) is 5.41 Å². The lowest BCUT2D eigenvalue weighted by molar-refractivity contribution is 0.0607. The number of likely N-dealkylation sites (tertiary alicyclic amines) is 1. The predicted molar refractivity (Wildman–Crippen MR) is 106 cm³/mol. The minimum atomic E-state index is 0.202. The molecule has 1 aromatic rings. The number of benzene rings is 1. The second kappa shape index (κ2) is 7.57. The zero-order chi connectivity index (χ0) is 18.0. The lowest BCUT2D eigenvalue weighted by Crippen LogP contribution is -2.46. The van der Waals surface area contributed by atoms with E-state index in [0.29, 0.717) is 5.41 Å². The minimum Gasteiger partial charge on any atom is -0.369 e. The van der Waals surface area contributed by atoms with Gasteiger partial charge in [0.1, 0.15) is 0 Å². The van der Waals surface area contributed by atoms with Gasteiger partial charge >= 0.3 is 0 Å². The number of piperazine rings is 1. The summed E-state index contributed by atoms with van der Waals surface area (Å²) < 4.78 is 0. The van der Waals surface area contributed by atoms with E-state index in [-0.39, 0.29) is 5.91 Å². The molecule has 1 aromatic carbocycles. The van der Waals surface area contributed by atoms with E-state index >= 15 is 0 Å². The van der Waals surface area contributed by atoms with Crippen LogP contribution in [0, 0.1) is 5.41 Å². The number of hydrogen-bond acceptors (Lipinski definition) is 4. The molecule has 4 rings (SSSR count). The number of rotatable bonds is 3. The van der Waals surface area contributed by atoms with Crippen LogP contribution in [-0.4, -0.2) is 74.6 Å². The Morgan fingerprint density at radius 1 is 1.00 bits per heavy atom. The van der Waals surface area contributed by atoms with Crippen LogP contribution in [-0.2, 0) is 0 Å². The van der Waals surface area contributed by atoms with Gasteiger partial charge in [0.05, 0.1) is 0 Å². The standard InChI is InChI=1S/C21H32N4O/c1-2-23-13-15-24(16-14-23)19-5-3-18(4-6-19)20(26)25-11-8-21(9-12-25)7-10-22-17-21/h3-6,22H,2,7-17H2,1H3. The Hall–Kier alpha value is -1.59. The lowest BCUT2D eigenvalue weighted by Gasteiger charge is -2.39. The Kier molecular flexibility index (Phi) is 5.18. The maximum absolute atomic E-state index is 12.9. The van der Waals surface area contributed by atoms with Gasteiger partial charge in [0, 0.05) is 57.1 Å². The normalized spacial score (nSPS) is 23.6. The molecule has 142 valence electrons. The Balaban J connectivity index is 1.34. The molecule has 3 saturated heterocycles. The van der Waals surface area contributed by atoms with Crippen LogP contribution in [0.15, 0.2) is 24.3 Å². The average molecular weight is 357 g/mol. The Labute approximate surface area is 157 Å². The molecule has 1 amide bonds. The van der Waals surface area contributed by atoms with Crippen molar-refractivity contribution in [1.82, 2.24) is 15.1 Å². The minimum absolute atomic E-state index is 0.202. The summed E-state index contributed by atoms with van der Waals surface area (Å²) in [4.78, 5) is 19.8. The van der Waals surface area contributed by atoms with Gasteiger partial charge in [-0.25, -0.2) is 0 Å². The van der Waals surface area contributed by atoms with Crippen molar-refractivity contribution in [2.45, 2.75) is 26.2 Å². The van der Waals surface area contributed by atoms with Gasteiger partial charge in [-0.1, -0.05) is 6.92 Å². The van der Waals surface area contributed by atoms with Crippen LogP contribution in [0.2, 0.25) is 0 Å². The van der Waals surface area contributed by atoms with E-state index in [4.69, 9.17) is 0 Å². The largest absolute Gasteiger partial charge is 0.369 e. The van der Waals surface area contributed by atoms with Gasteiger partial charge in [0.15, 0.2) is 0 Å². The maximum Gasteiger partial charge on any atom is 0.253 e. The molecule has 0 unspecified atom stereocenters. The summed E-state index contributed by atoms with van der Waals surface area (Å²) in [7, 11) is 0. The van der Waals surface area contributed by atoms with E-state index in [1.165, 1.54) is 12.1 Å². The van der Waals surface area contributed by atoms with Crippen molar-refractivity contribution >= 4 is 11.6 Å². The summed E-state index contributed by atoms with van der Waals surface area (Å²) in [6.07, 6.45) is 3.56. The van der Waals surface area contributed by atoms with Gasteiger partial charge < -0.3 is 20.0 Å². The molecule has 3 aliphatic rings. The molecule has 5 nitrogen and oxygen atoms in total. The number of anilines is 1. The molecular formula is C21H32N4O. The summed E-state index contributed by atoms with van der Waals surface area (Å²) in [6, 6.07) is 8.29. The molecule has 1 N–H and O–H groups in total. The number of carbonyl (C=O) groups excluding carboxylic acids is 1. The number of likely N-dealkylation sites (N-methyl/N-ethyl adjacent to an activating group) is 1. The highest BCUT2D eigenvalue weighted by Gasteiger charge is 2.38. The molecule has 3 heterocycles. The van der Waals surface area contributed by atoms with Crippen LogP contribution in [0.1, 0.15) is 36.5 Å². The first-order valence-electron chi connectivity index (χ1n) is 10.3. The third-order valence-electron chi connectivity index (χ3n) is 6.74. The highest BCUT2D eigenvalue weighted by molar-refractivity contribution is 5.94. The fourth-order valence-electron chi connectivity index (χ4n) is 4.73. The van der Waals surface area contributed by atoms with Gasteiger partial charge in [-0.05, 0) is 62.0 Å². The summed E-state index contributed by atoms with van der Waals surface area (Å²) in [5.74, 6) is 0.202. The Morgan fingerprint density at radius 3 is 2.27 bits per heavy atom. The molecule has 1 spiro atoms. The van der Waals surface area contributed by atoms with Crippen molar-refractivity contribution < 1.29 is 4.79 Å². The lowest BCUT2D eigenvalue weighted by atomic mass is 9.78. The van der Waals surface area contributed by atoms with E-state index in [0.717, 1.165) is 77.3 Å². The molecular weight excluding hydrogens is 324 g/mol. The fraction of sp³-hybridized carbons (Fsp3) is 0.667. The number of amides is 1. The summed E-state index contributed by atoms with van der Waals surface area (Å²) in [5.41, 5.74) is 2.54. The Morgan fingerprint density at radius 2 is 1.69 bits per heavy atom. The monoisotopic (exact) mass is 356 g/mol. The maximum atomic E-state index is 12.9. The molecule has 26 heavy (non-hydrogen) atoms. The molecule has 0 atom stereocenters. The van der Waals surface area contributed by atoms with Crippen molar-refractivity contribution in [3.05, 3.63) is 29.8 Å². The van der Waals surface area contributed by atoms with Gasteiger partial charge in [-0.15, -0.1) is 0 Å². The molecule has 0 aliphatic carbocycles. The van der Waals surface area contributed by atoms with E-state index in [1.807, 2.05) is 12.1 Å².